The van der Waals surface area contributed by atoms with E-state index in [-0.39, 0.29) is 5.41 Å². The molecule has 0 atom stereocenters. The van der Waals surface area contributed by atoms with Crippen molar-refractivity contribution in [1.29, 1.82) is 0 Å². The molecule has 0 saturated heterocycles. The maximum Gasteiger partial charge on any atom is 0.138 e. The largest absolute Gasteiger partial charge is 0.299 e. The van der Waals surface area contributed by atoms with E-state index in [0.717, 1.165) is 25.7 Å². The molecule has 1 aliphatic carbocycles. The zero-order valence-electron chi connectivity index (χ0n) is 8.74. The van der Waals surface area contributed by atoms with Crippen LogP contribution in [0, 0.1) is 10.8 Å². The van der Waals surface area contributed by atoms with Gasteiger partial charge in [-0.05, 0) is 24.7 Å². The molecule has 12 heavy (non-hydrogen) atoms. The normalized spacial score (nSPS) is 20.7. The van der Waals surface area contributed by atoms with Gasteiger partial charge in [-0.2, -0.15) is 0 Å². The van der Waals surface area contributed by atoms with Crippen LogP contribution in [-0.2, 0) is 4.79 Å². The fraction of sp³-hybridized carbons (Fsp3) is 0.909. The summed E-state index contributed by atoms with van der Waals surface area (Å²) >= 11 is 0. The molecular weight excluding hydrogens is 148 g/mol. The van der Waals surface area contributed by atoms with E-state index in [9.17, 15) is 4.79 Å². The van der Waals surface area contributed by atoms with E-state index >= 15 is 0 Å². The zero-order valence-corrected chi connectivity index (χ0v) is 8.74. The van der Waals surface area contributed by atoms with E-state index in [0.29, 0.717) is 11.2 Å². The number of carbonyl (C=O) groups excluding carboxylic acids is 1. The summed E-state index contributed by atoms with van der Waals surface area (Å²) in [5.41, 5.74) is 0.395. The zero-order chi connectivity index (χ0) is 9.41. The maximum atomic E-state index is 11.6. The lowest BCUT2D eigenvalue weighted by Crippen LogP contribution is -2.15. The first-order valence-corrected chi connectivity index (χ1v) is 4.87. The number of rotatable bonds is 3. The van der Waals surface area contributed by atoms with E-state index in [4.69, 9.17) is 0 Å². The van der Waals surface area contributed by atoms with E-state index in [1.54, 1.807) is 0 Å². The lowest BCUT2D eigenvalue weighted by atomic mass is 9.87. The van der Waals surface area contributed by atoms with Crippen LogP contribution in [0.15, 0.2) is 0 Å². The van der Waals surface area contributed by atoms with Crippen molar-refractivity contribution in [3.05, 3.63) is 0 Å². The number of ketones is 1. The van der Waals surface area contributed by atoms with Gasteiger partial charge in [0, 0.05) is 11.8 Å². The number of hydrogen-bond donors (Lipinski definition) is 0. The summed E-state index contributed by atoms with van der Waals surface area (Å²) in [7, 11) is 0. The highest BCUT2D eigenvalue weighted by molar-refractivity contribution is 5.86. The van der Waals surface area contributed by atoms with Gasteiger partial charge in [-0.25, -0.2) is 0 Å². The highest BCUT2D eigenvalue weighted by Gasteiger charge is 2.43. The highest BCUT2D eigenvalue weighted by atomic mass is 16.1. The van der Waals surface area contributed by atoms with Gasteiger partial charge in [-0.1, -0.05) is 27.7 Å². The molecule has 0 amide bonds. The topological polar surface area (TPSA) is 17.1 Å². The Morgan fingerprint density at radius 1 is 1.33 bits per heavy atom. The summed E-state index contributed by atoms with van der Waals surface area (Å²) in [6.45, 7) is 8.67. The first-order valence-electron chi connectivity index (χ1n) is 4.87. The van der Waals surface area contributed by atoms with Crippen molar-refractivity contribution >= 4 is 5.78 Å². The fourth-order valence-electron chi connectivity index (χ4n) is 1.26. The van der Waals surface area contributed by atoms with Crippen LogP contribution in [0.4, 0.5) is 0 Å². The minimum Gasteiger partial charge on any atom is -0.299 e. The van der Waals surface area contributed by atoms with Gasteiger partial charge < -0.3 is 0 Å². The second-order valence-electron chi connectivity index (χ2n) is 5.54. The summed E-state index contributed by atoms with van der Waals surface area (Å²) in [5.74, 6) is 0.484. The number of carbonyl (C=O) groups is 1. The van der Waals surface area contributed by atoms with E-state index in [1.165, 1.54) is 0 Å². The standard InChI is InChI=1S/C11H20O/c1-10(2,3)6-5-9(12)11(4)7-8-11/h5-8H2,1-4H3. The van der Waals surface area contributed by atoms with Gasteiger partial charge >= 0.3 is 0 Å². The second-order valence-corrected chi connectivity index (χ2v) is 5.54. The first kappa shape index (κ1) is 9.76. The van der Waals surface area contributed by atoms with Crippen molar-refractivity contribution in [2.45, 2.75) is 53.4 Å². The molecule has 1 heteroatoms. The Morgan fingerprint density at radius 2 is 1.83 bits per heavy atom. The molecule has 0 heterocycles. The van der Waals surface area contributed by atoms with Crippen LogP contribution in [0.2, 0.25) is 0 Å². The number of Topliss-reactive ketones (excluding diaryl/α,β-unsaturated/α-hetero) is 1. The molecule has 1 saturated carbocycles. The molecule has 0 unspecified atom stereocenters. The van der Waals surface area contributed by atoms with E-state index in [1.807, 2.05) is 0 Å². The molecule has 0 aromatic carbocycles. The summed E-state index contributed by atoms with van der Waals surface area (Å²) in [6.07, 6.45) is 4.05. The SMILES string of the molecule is CC(C)(C)CCC(=O)C1(C)CC1. The van der Waals surface area contributed by atoms with Gasteiger partial charge in [0.1, 0.15) is 5.78 Å². The average Bonchev–Trinajstić information content (AvgIpc) is 2.62. The van der Waals surface area contributed by atoms with Crippen molar-refractivity contribution < 1.29 is 4.79 Å². The minimum absolute atomic E-state index is 0.0885. The Kier molecular flexibility index (Phi) is 2.33. The molecule has 0 aromatic heterocycles. The Balaban J connectivity index is 2.29. The Labute approximate surface area is 75.5 Å². The molecule has 1 nitrogen and oxygen atoms in total. The number of hydrogen-bond acceptors (Lipinski definition) is 1. The van der Waals surface area contributed by atoms with Crippen LogP contribution in [0.3, 0.4) is 0 Å². The van der Waals surface area contributed by atoms with E-state index in [2.05, 4.69) is 27.7 Å². The van der Waals surface area contributed by atoms with Gasteiger partial charge in [-0.15, -0.1) is 0 Å². The van der Waals surface area contributed by atoms with Crippen LogP contribution in [-0.4, -0.2) is 5.78 Å². The molecule has 0 bridgehead atoms. The van der Waals surface area contributed by atoms with Crippen LogP contribution < -0.4 is 0 Å². The van der Waals surface area contributed by atoms with Crippen molar-refractivity contribution in [3.8, 4) is 0 Å². The molecule has 1 fully saturated rings. The molecule has 0 aliphatic heterocycles. The van der Waals surface area contributed by atoms with Gasteiger partial charge in [0.15, 0.2) is 0 Å². The molecule has 1 aliphatic rings. The smallest absolute Gasteiger partial charge is 0.138 e. The van der Waals surface area contributed by atoms with Crippen molar-refractivity contribution in [3.63, 3.8) is 0 Å². The monoisotopic (exact) mass is 168 g/mol. The first-order chi connectivity index (χ1) is 5.33. The van der Waals surface area contributed by atoms with Crippen LogP contribution >= 0.6 is 0 Å². The molecular formula is C11H20O. The Morgan fingerprint density at radius 3 is 2.17 bits per heavy atom. The second kappa shape index (κ2) is 2.86. The predicted octanol–water partition coefficient (Wildman–Crippen LogP) is 3.18. The van der Waals surface area contributed by atoms with E-state index < -0.39 is 0 Å². The van der Waals surface area contributed by atoms with Gasteiger partial charge in [-0.3, -0.25) is 4.79 Å². The van der Waals surface area contributed by atoms with Gasteiger partial charge in [0.05, 0.1) is 0 Å². The molecule has 0 N–H and O–H groups in total. The van der Waals surface area contributed by atoms with Gasteiger partial charge in [0.25, 0.3) is 0 Å². The highest BCUT2D eigenvalue weighted by Crippen LogP contribution is 2.47. The Hall–Kier alpha value is -0.330. The molecule has 1 rings (SSSR count). The molecule has 70 valence electrons. The molecule has 0 spiro atoms. The molecule has 0 radical (unpaired) electrons. The summed E-state index contributed by atoms with van der Waals surface area (Å²) in [4.78, 5) is 11.6. The van der Waals surface area contributed by atoms with Gasteiger partial charge in [0.2, 0.25) is 0 Å². The maximum absolute atomic E-state index is 11.6. The lowest BCUT2D eigenvalue weighted by molar-refractivity contribution is -0.124. The van der Waals surface area contributed by atoms with Crippen molar-refractivity contribution in [2.24, 2.45) is 10.8 Å². The minimum atomic E-state index is 0.0885. The van der Waals surface area contributed by atoms with Crippen LogP contribution in [0.5, 0.6) is 0 Å². The predicted molar refractivity (Wildman–Crippen MR) is 51.0 cm³/mol. The van der Waals surface area contributed by atoms with Crippen LogP contribution in [0.1, 0.15) is 53.4 Å². The van der Waals surface area contributed by atoms with Crippen molar-refractivity contribution in [2.75, 3.05) is 0 Å². The summed E-state index contributed by atoms with van der Waals surface area (Å²) in [6, 6.07) is 0. The quantitative estimate of drug-likeness (QED) is 0.632. The Bertz CT molecular complexity index is 182. The van der Waals surface area contributed by atoms with Crippen molar-refractivity contribution in [1.82, 2.24) is 0 Å². The fourth-order valence-corrected chi connectivity index (χ4v) is 1.26. The third kappa shape index (κ3) is 2.62. The summed E-state index contributed by atoms with van der Waals surface area (Å²) in [5, 5.41) is 0. The van der Waals surface area contributed by atoms with Crippen LogP contribution in [0.25, 0.3) is 0 Å². The summed E-state index contributed by atoms with van der Waals surface area (Å²) < 4.78 is 0. The third-order valence-electron chi connectivity index (χ3n) is 2.78. The third-order valence-corrected chi connectivity index (χ3v) is 2.78. The molecule has 0 aromatic rings. The lowest BCUT2D eigenvalue weighted by Gasteiger charge is -2.18. The average molecular weight is 168 g/mol.